The van der Waals surface area contributed by atoms with Gasteiger partial charge in [0, 0.05) is 23.3 Å². The number of carboxylic acids is 2. The number of carbonyl (C=O) groups is 4. The van der Waals surface area contributed by atoms with Crippen LogP contribution in [-0.4, -0.2) is 47.8 Å². The van der Waals surface area contributed by atoms with E-state index in [4.69, 9.17) is 10.2 Å². The van der Waals surface area contributed by atoms with E-state index in [0.717, 1.165) is 25.0 Å². The van der Waals surface area contributed by atoms with E-state index in [1.165, 1.54) is 7.11 Å². The Morgan fingerprint density at radius 1 is 1.00 bits per heavy atom. The maximum absolute atomic E-state index is 10.2. The van der Waals surface area contributed by atoms with Gasteiger partial charge in [0.2, 0.25) is 0 Å². The molecule has 8 nitrogen and oxygen atoms in total. The molecule has 0 atom stereocenters. The van der Waals surface area contributed by atoms with Crippen molar-refractivity contribution in [3.8, 4) is 0 Å². The molecule has 0 aliphatic carbocycles. The third-order valence-electron chi connectivity index (χ3n) is 2.30. The van der Waals surface area contributed by atoms with Crippen molar-refractivity contribution in [3.05, 3.63) is 49.6 Å². The van der Waals surface area contributed by atoms with Crippen molar-refractivity contribution in [2.45, 2.75) is 40.0 Å². The summed E-state index contributed by atoms with van der Waals surface area (Å²) in [5.74, 6) is -2.56. The molecule has 8 heteroatoms. The van der Waals surface area contributed by atoms with Crippen LogP contribution in [0.25, 0.3) is 0 Å². The first kappa shape index (κ1) is 32.5. The Hall–Kier alpha value is -3.16. The molecule has 0 aliphatic heterocycles. The highest BCUT2D eigenvalue weighted by molar-refractivity contribution is 5.86. The normalized spacial score (nSPS) is 7.86. The molecule has 0 amide bonds. The molecule has 0 fully saturated rings. The molecule has 0 spiro atoms. The molecule has 0 bridgehead atoms. The van der Waals surface area contributed by atoms with Crippen molar-refractivity contribution in [1.82, 2.24) is 0 Å². The molecule has 0 saturated carbocycles. The summed E-state index contributed by atoms with van der Waals surface area (Å²) < 4.78 is 8.71. The van der Waals surface area contributed by atoms with Crippen molar-refractivity contribution in [2.24, 2.45) is 0 Å². The van der Waals surface area contributed by atoms with Gasteiger partial charge in [-0.1, -0.05) is 39.7 Å². The van der Waals surface area contributed by atoms with E-state index in [0.29, 0.717) is 24.2 Å². The lowest BCUT2D eigenvalue weighted by atomic mass is 10.1. The second-order valence-electron chi connectivity index (χ2n) is 4.78. The van der Waals surface area contributed by atoms with Crippen molar-refractivity contribution < 1.29 is 38.9 Å². The van der Waals surface area contributed by atoms with Gasteiger partial charge in [-0.3, -0.25) is 0 Å². The maximum atomic E-state index is 10.2. The Balaban J connectivity index is -0.000000140. The molecule has 0 unspecified atom stereocenters. The summed E-state index contributed by atoms with van der Waals surface area (Å²) in [6.07, 6.45) is 4.53. The number of carbonyl (C=O) groups excluding carboxylic acids is 2. The van der Waals surface area contributed by atoms with Crippen LogP contribution in [0.4, 0.5) is 0 Å². The van der Waals surface area contributed by atoms with E-state index in [1.807, 2.05) is 6.92 Å². The summed E-state index contributed by atoms with van der Waals surface area (Å²) in [5, 5.41) is 15.9. The number of hydrogen-bond donors (Lipinski definition) is 2. The molecule has 0 saturated heterocycles. The number of esters is 2. The minimum Gasteiger partial charge on any atom is -0.478 e. The largest absolute Gasteiger partial charge is 0.478 e. The van der Waals surface area contributed by atoms with Crippen molar-refractivity contribution >= 4 is 23.9 Å². The van der Waals surface area contributed by atoms with E-state index in [-0.39, 0.29) is 11.9 Å². The average molecular weight is 400 g/mol. The lowest BCUT2D eigenvalue weighted by molar-refractivity contribution is -0.137. The van der Waals surface area contributed by atoms with E-state index < -0.39 is 11.9 Å². The monoisotopic (exact) mass is 400 g/mol. The fraction of sp³-hybridized carbons (Fsp3) is 0.400. The van der Waals surface area contributed by atoms with Crippen LogP contribution in [0.2, 0.25) is 0 Å². The molecule has 0 heterocycles. The van der Waals surface area contributed by atoms with Crippen LogP contribution in [0.1, 0.15) is 40.0 Å². The predicted octanol–water partition coefficient (Wildman–Crippen LogP) is 3.55. The molecule has 28 heavy (non-hydrogen) atoms. The molecule has 0 aromatic heterocycles. The summed E-state index contributed by atoms with van der Waals surface area (Å²) in [6.45, 7) is 18.7. The highest BCUT2D eigenvalue weighted by atomic mass is 16.5. The lowest BCUT2D eigenvalue weighted by Crippen LogP contribution is -1.98. The SMILES string of the molecule is C=C(C)C(=O)OC.C=C(CCCC)C(=O)O.C=CC(=O)O.C=CC(=O)OCC. The van der Waals surface area contributed by atoms with E-state index in [9.17, 15) is 19.2 Å². The molecule has 0 aromatic carbocycles. The zero-order chi connectivity index (χ0) is 23.1. The van der Waals surface area contributed by atoms with Crippen molar-refractivity contribution in [1.29, 1.82) is 0 Å². The minimum atomic E-state index is -0.981. The van der Waals surface area contributed by atoms with Crippen LogP contribution in [-0.2, 0) is 28.7 Å². The Morgan fingerprint density at radius 3 is 1.61 bits per heavy atom. The summed E-state index contributed by atoms with van der Waals surface area (Å²) in [5.41, 5.74) is 0.749. The van der Waals surface area contributed by atoms with Gasteiger partial charge < -0.3 is 19.7 Å². The number of carboxylic acid groups (broad SMARTS) is 2. The second-order valence-corrected chi connectivity index (χ2v) is 4.78. The molecular formula is C20H32O8. The van der Waals surface area contributed by atoms with Crippen LogP contribution < -0.4 is 0 Å². The fourth-order valence-corrected chi connectivity index (χ4v) is 0.873. The Morgan fingerprint density at radius 2 is 1.46 bits per heavy atom. The van der Waals surface area contributed by atoms with Gasteiger partial charge in [0.15, 0.2) is 0 Å². The quantitative estimate of drug-likeness (QED) is 0.468. The topological polar surface area (TPSA) is 127 Å². The summed E-state index contributed by atoms with van der Waals surface area (Å²) in [7, 11) is 1.33. The number of hydrogen-bond acceptors (Lipinski definition) is 6. The van der Waals surface area contributed by atoms with E-state index in [2.05, 4.69) is 35.8 Å². The van der Waals surface area contributed by atoms with Crippen molar-refractivity contribution in [2.75, 3.05) is 13.7 Å². The third-order valence-corrected chi connectivity index (χ3v) is 2.30. The van der Waals surface area contributed by atoms with Crippen LogP contribution in [0.15, 0.2) is 49.6 Å². The van der Waals surface area contributed by atoms with Gasteiger partial charge in [0.1, 0.15) is 0 Å². The molecular weight excluding hydrogens is 368 g/mol. The van der Waals surface area contributed by atoms with Crippen LogP contribution in [0.5, 0.6) is 0 Å². The molecule has 0 radical (unpaired) electrons. The van der Waals surface area contributed by atoms with E-state index >= 15 is 0 Å². The molecule has 0 rings (SSSR count). The van der Waals surface area contributed by atoms with Gasteiger partial charge in [-0.05, 0) is 26.7 Å². The number of rotatable bonds is 8. The highest BCUT2D eigenvalue weighted by Gasteiger charge is 2.00. The lowest BCUT2D eigenvalue weighted by Gasteiger charge is -1.95. The predicted molar refractivity (Wildman–Crippen MR) is 108 cm³/mol. The Labute approximate surface area is 166 Å². The van der Waals surface area contributed by atoms with Crippen molar-refractivity contribution in [3.63, 3.8) is 0 Å². The standard InChI is InChI=1S/C7H12O2.2C5H8O2.C3H4O2/c1-3-4-5-6(2)7(8)9;1-4(2)5(6)7-3;1-3-5(6)7-4-2;1-2-3(4)5/h2-5H2,1H3,(H,8,9);1H2,2-3H3;3H,1,4H2,2H3;2H,1H2,(H,4,5). The van der Waals surface area contributed by atoms with Gasteiger partial charge >= 0.3 is 23.9 Å². The fourth-order valence-electron chi connectivity index (χ4n) is 0.873. The third kappa shape index (κ3) is 34.2. The molecule has 0 aliphatic rings. The van der Waals surface area contributed by atoms with Gasteiger partial charge in [-0.2, -0.15) is 0 Å². The molecule has 160 valence electrons. The van der Waals surface area contributed by atoms with E-state index in [1.54, 1.807) is 13.8 Å². The van der Waals surface area contributed by atoms with Crippen LogP contribution >= 0.6 is 0 Å². The average Bonchev–Trinajstić information content (AvgIpc) is 2.66. The zero-order valence-corrected chi connectivity index (χ0v) is 17.2. The summed E-state index contributed by atoms with van der Waals surface area (Å²) in [6, 6.07) is 0. The first-order chi connectivity index (χ1) is 12.9. The number of aliphatic carboxylic acids is 2. The first-order valence-corrected chi connectivity index (χ1v) is 8.24. The molecule has 0 aromatic rings. The van der Waals surface area contributed by atoms with Gasteiger partial charge in [-0.15, -0.1) is 0 Å². The highest BCUT2D eigenvalue weighted by Crippen LogP contribution is 2.03. The maximum Gasteiger partial charge on any atom is 0.332 e. The Bertz CT molecular complexity index is 530. The zero-order valence-electron chi connectivity index (χ0n) is 17.2. The number of methoxy groups -OCH3 is 1. The van der Waals surface area contributed by atoms with Crippen LogP contribution in [0, 0.1) is 0 Å². The molecule has 2 N–H and O–H groups in total. The Kier molecular flexibility index (Phi) is 27.7. The van der Waals surface area contributed by atoms with Gasteiger partial charge in [0.05, 0.1) is 13.7 Å². The first-order valence-electron chi connectivity index (χ1n) is 8.24. The summed E-state index contributed by atoms with van der Waals surface area (Å²) >= 11 is 0. The van der Waals surface area contributed by atoms with Gasteiger partial charge in [0.25, 0.3) is 0 Å². The smallest absolute Gasteiger partial charge is 0.332 e. The van der Waals surface area contributed by atoms with Gasteiger partial charge in [-0.25, -0.2) is 19.2 Å². The number of unbranched alkanes of at least 4 members (excludes halogenated alkanes) is 1. The minimum absolute atomic E-state index is 0.317. The summed E-state index contributed by atoms with van der Waals surface area (Å²) in [4.78, 5) is 39.6. The van der Waals surface area contributed by atoms with Crippen LogP contribution in [0.3, 0.4) is 0 Å². The number of ether oxygens (including phenoxy) is 2. The second kappa shape index (κ2) is 23.8.